The van der Waals surface area contributed by atoms with Crippen LogP contribution in [0.3, 0.4) is 0 Å². The third-order valence-corrected chi connectivity index (χ3v) is 9.06. The van der Waals surface area contributed by atoms with Crippen molar-refractivity contribution < 1.29 is 19.7 Å². The zero-order chi connectivity index (χ0) is 30.1. The molecule has 2 aromatic carbocycles. The average molecular weight is 575 g/mol. The molecule has 218 valence electrons. The fraction of sp³-hybridized carbons (Fsp3) is 0.606. The molecule has 0 aliphatic carbocycles. The quantitative estimate of drug-likeness (QED) is 0.306. The number of carbonyl (C=O) groups is 1. The van der Waals surface area contributed by atoms with Crippen LogP contribution in [0.2, 0.25) is 0 Å². The summed E-state index contributed by atoms with van der Waals surface area (Å²) in [6.45, 7) is 27.6. The van der Waals surface area contributed by atoms with E-state index in [1.54, 1.807) is 0 Å². The summed E-state index contributed by atoms with van der Waals surface area (Å²) in [5.74, 6) is 1.04. The Labute approximate surface area is 245 Å². The van der Waals surface area contributed by atoms with Gasteiger partial charge in [0.2, 0.25) is 0 Å². The molecule has 1 unspecified atom stereocenters. The Kier molecular flexibility index (Phi) is 10.3. The molecule has 0 heterocycles. The van der Waals surface area contributed by atoms with Gasteiger partial charge in [0.05, 0.1) is 0 Å². The smallest absolute Gasteiger partial charge is 0.341 e. The lowest BCUT2D eigenvalue weighted by molar-refractivity contribution is -0.139. The first-order valence-electron chi connectivity index (χ1n) is 13.7. The SMILES string of the molecule is CC(CSc1cc(C(C)(C)C)c(OCC(=O)O)c(C(C)(C)C)c1)Sc1cc(C(C)(C)C)c(O)c(C(C)(C)C)c1. The molecular formula is C33H50O4S2. The van der Waals surface area contributed by atoms with Gasteiger partial charge in [0.15, 0.2) is 6.61 Å². The number of aliphatic carboxylic acids is 1. The predicted molar refractivity (Wildman–Crippen MR) is 169 cm³/mol. The Hall–Kier alpha value is -1.79. The highest BCUT2D eigenvalue weighted by Gasteiger charge is 2.29. The second kappa shape index (κ2) is 12.0. The summed E-state index contributed by atoms with van der Waals surface area (Å²) in [6.07, 6.45) is 0. The van der Waals surface area contributed by atoms with Crippen LogP contribution < -0.4 is 4.74 Å². The lowest BCUT2D eigenvalue weighted by Crippen LogP contribution is -2.22. The van der Waals surface area contributed by atoms with Gasteiger partial charge in [-0.1, -0.05) is 90.0 Å². The molecule has 0 bridgehead atoms. The van der Waals surface area contributed by atoms with Crippen molar-refractivity contribution in [1.82, 2.24) is 0 Å². The van der Waals surface area contributed by atoms with Crippen LogP contribution >= 0.6 is 23.5 Å². The highest BCUT2D eigenvalue weighted by molar-refractivity contribution is 8.03. The van der Waals surface area contributed by atoms with Crippen LogP contribution in [0.5, 0.6) is 11.5 Å². The molecule has 0 amide bonds. The average Bonchev–Trinajstić information content (AvgIpc) is 2.74. The number of hydrogen-bond acceptors (Lipinski definition) is 5. The maximum Gasteiger partial charge on any atom is 0.341 e. The van der Waals surface area contributed by atoms with Gasteiger partial charge in [-0.15, -0.1) is 23.5 Å². The molecular weight excluding hydrogens is 524 g/mol. The van der Waals surface area contributed by atoms with Gasteiger partial charge in [0, 0.05) is 43.0 Å². The number of ether oxygens (including phenoxy) is 1. The van der Waals surface area contributed by atoms with Crippen molar-refractivity contribution in [2.24, 2.45) is 0 Å². The van der Waals surface area contributed by atoms with Gasteiger partial charge in [-0.2, -0.15) is 0 Å². The molecule has 2 rings (SSSR count). The normalized spacial score (nSPS) is 13.9. The van der Waals surface area contributed by atoms with Crippen LogP contribution in [0.4, 0.5) is 0 Å². The number of aromatic hydroxyl groups is 1. The molecule has 0 saturated heterocycles. The van der Waals surface area contributed by atoms with Crippen molar-refractivity contribution in [2.45, 2.75) is 127 Å². The molecule has 2 N–H and O–H groups in total. The molecule has 2 aromatic rings. The molecule has 0 aliphatic heterocycles. The molecule has 0 fully saturated rings. The van der Waals surface area contributed by atoms with Crippen LogP contribution in [-0.2, 0) is 26.5 Å². The Morgan fingerprint density at radius 3 is 1.49 bits per heavy atom. The molecule has 1 atom stereocenters. The summed E-state index contributed by atoms with van der Waals surface area (Å²) in [6, 6.07) is 8.65. The van der Waals surface area contributed by atoms with Gasteiger partial charge in [0.25, 0.3) is 0 Å². The molecule has 0 aromatic heterocycles. The molecule has 4 nitrogen and oxygen atoms in total. The number of thioether (sulfide) groups is 2. The third kappa shape index (κ3) is 9.11. The number of carboxylic acid groups (broad SMARTS) is 1. The lowest BCUT2D eigenvalue weighted by Gasteiger charge is -2.30. The standard InChI is InChI=1S/C33H50O4S2/c1-20(39-22-16-23(30(2,3)4)28(36)24(17-22)31(5,6)7)19-38-21-14-25(32(8,9)10)29(37-18-27(34)35)26(15-21)33(11,12)13/h14-17,20,36H,18-19H2,1-13H3,(H,34,35). The number of phenols is 1. The zero-order valence-corrected chi connectivity index (χ0v) is 28.0. The molecule has 0 aliphatic rings. The highest BCUT2D eigenvalue weighted by Crippen LogP contribution is 2.45. The minimum atomic E-state index is -0.975. The Morgan fingerprint density at radius 1 is 0.744 bits per heavy atom. The van der Waals surface area contributed by atoms with Crippen molar-refractivity contribution in [1.29, 1.82) is 0 Å². The van der Waals surface area contributed by atoms with E-state index >= 15 is 0 Å². The molecule has 0 spiro atoms. The summed E-state index contributed by atoms with van der Waals surface area (Å²) in [5.41, 5.74) is 3.31. The third-order valence-electron chi connectivity index (χ3n) is 6.54. The van der Waals surface area contributed by atoms with E-state index in [1.807, 2.05) is 23.5 Å². The minimum Gasteiger partial charge on any atom is -0.507 e. The van der Waals surface area contributed by atoms with Gasteiger partial charge in [-0.05, 0) is 45.9 Å². The van der Waals surface area contributed by atoms with Gasteiger partial charge >= 0.3 is 5.97 Å². The van der Waals surface area contributed by atoms with Crippen molar-refractivity contribution in [3.8, 4) is 11.5 Å². The van der Waals surface area contributed by atoms with Crippen LogP contribution in [-0.4, -0.2) is 33.8 Å². The van der Waals surface area contributed by atoms with Crippen molar-refractivity contribution in [3.63, 3.8) is 0 Å². The van der Waals surface area contributed by atoms with E-state index in [0.717, 1.165) is 32.9 Å². The van der Waals surface area contributed by atoms with E-state index in [0.29, 0.717) is 16.7 Å². The number of phenolic OH excluding ortho intramolecular Hbond substituents is 1. The zero-order valence-electron chi connectivity index (χ0n) is 26.3. The Bertz CT molecular complexity index is 1100. The van der Waals surface area contributed by atoms with E-state index in [1.165, 1.54) is 4.90 Å². The molecule has 39 heavy (non-hydrogen) atoms. The fourth-order valence-corrected chi connectivity index (χ4v) is 6.53. The monoisotopic (exact) mass is 574 g/mol. The second-order valence-corrected chi connectivity index (χ2v) is 17.2. The maximum atomic E-state index is 11.3. The fourth-order valence-electron chi connectivity index (χ4n) is 4.39. The van der Waals surface area contributed by atoms with Gasteiger partial charge in [-0.3, -0.25) is 0 Å². The van der Waals surface area contributed by atoms with Crippen LogP contribution in [0.1, 0.15) is 112 Å². The van der Waals surface area contributed by atoms with E-state index in [4.69, 9.17) is 4.74 Å². The summed E-state index contributed by atoms with van der Waals surface area (Å²) < 4.78 is 5.90. The second-order valence-electron chi connectivity index (χ2n) is 14.6. The summed E-state index contributed by atoms with van der Waals surface area (Å²) in [5, 5.41) is 20.7. The highest BCUT2D eigenvalue weighted by atomic mass is 32.2. The first-order chi connectivity index (χ1) is 17.5. The summed E-state index contributed by atoms with van der Waals surface area (Å²) in [4.78, 5) is 13.7. The largest absolute Gasteiger partial charge is 0.507 e. The van der Waals surface area contributed by atoms with Crippen molar-refractivity contribution in [2.75, 3.05) is 12.4 Å². The number of hydrogen-bond donors (Lipinski definition) is 2. The number of rotatable bonds is 8. The number of carboxylic acids is 1. The minimum absolute atomic E-state index is 0.157. The Balaban J connectivity index is 2.41. The topological polar surface area (TPSA) is 66.8 Å². The molecule has 0 saturated carbocycles. The predicted octanol–water partition coefficient (Wildman–Crippen LogP) is 9.32. The first-order valence-corrected chi connectivity index (χ1v) is 15.6. The van der Waals surface area contributed by atoms with Crippen molar-refractivity contribution >= 4 is 29.5 Å². The summed E-state index contributed by atoms with van der Waals surface area (Å²) in [7, 11) is 0. The van der Waals surface area contributed by atoms with E-state index in [9.17, 15) is 15.0 Å². The van der Waals surface area contributed by atoms with Gasteiger partial charge in [-0.25, -0.2) is 4.79 Å². The van der Waals surface area contributed by atoms with Crippen LogP contribution in [0, 0.1) is 0 Å². The van der Waals surface area contributed by atoms with Gasteiger partial charge in [0.1, 0.15) is 11.5 Å². The molecule has 0 radical (unpaired) electrons. The van der Waals surface area contributed by atoms with Crippen molar-refractivity contribution in [3.05, 3.63) is 46.5 Å². The first kappa shape index (κ1) is 33.4. The number of benzene rings is 2. The molecule has 6 heteroatoms. The lowest BCUT2D eigenvalue weighted by atomic mass is 9.79. The maximum absolute atomic E-state index is 11.3. The van der Waals surface area contributed by atoms with Gasteiger partial charge < -0.3 is 14.9 Å². The summed E-state index contributed by atoms with van der Waals surface area (Å²) >= 11 is 3.67. The van der Waals surface area contributed by atoms with E-state index in [2.05, 4.69) is 114 Å². The van der Waals surface area contributed by atoms with E-state index < -0.39 is 5.97 Å². The van der Waals surface area contributed by atoms with Crippen LogP contribution in [0.25, 0.3) is 0 Å². The van der Waals surface area contributed by atoms with E-state index in [-0.39, 0.29) is 28.3 Å². The van der Waals surface area contributed by atoms with Crippen LogP contribution in [0.15, 0.2) is 34.1 Å². The Morgan fingerprint density at radius 2 is 1.13 bits per heavy atom.